The molecule has 5 N–H and O–H groups in total. The summed E-state index contributed by atoms with van der Waals surface area (Å²) >= 11 is 0.677. The monoisotopic (exact) mass is 508 g/mol. The van der Waals surface area contributed by atoms with Crippen LogP contribution in [-0.4, -0.2) is 93.8 Å². The molecule has 2 heterocycles. The number of aliphatic hydroxyl groups is 4. The highest BCUT2D eigenvalue weighted by atomic mass is 32.3. The van der Waals surface area contributed by atoms with Gasteiger partial charge in [0.1, 0.15) is 47.8 Å². The van der Waals surface area contributed by atoms with Crippen molar-refractivity contribution in [3.8, 4) is 5.75 Å². The minimum absolute atomic E-state index is 0.0852. The molecular weight excluding hydrogens is 484 g/mol. The molecule has 5 unspecified atom stereocenters. The number of benzene rings is 1. The van der Waals surface area contributed by atoms with Crippen LogP contribution < -0.4 is 9.57 Å². The highest BCUT2D eigenvalue weighted by molar-refractivity contribution is 8.14. The second-order valence-electron chi connectivity index (χ2n) is 7.00. The van der Waals surface area contributed by atoms with Gasteiger partial charge in [-0.1, -0.05) is 23.0 Å². The number of methoxy groups -OCH3 is 1. The van der Waals surface area contributed by atoms with Gasteiger partial charge in [-0.25, -0.2) is 4.28 Å². The number of hydrogen-bond donors (Lipinski definition) is 5. The number of oxime groups is 1. The molecule has 1 aromatic carbocycles. The third-order valence-electron chi connectivity index (χ3n) is 4.93. The maximum absolute atomic E-state index is 11.1. The molecule has 0 radical (unpaired) electrons. The fourth-order valence-electron chi connectivity index (χ4n) is 3.40. The molecule has 0 amide bonds. The van der Waals surface area contributed by atoms with E-state index in [9.17, 15) is 28.8 Å². The van der Waals surface area contributed by atoms with Crippen LogP contribution in [0.1, 0.15) is 5.56 Å². The number of fused-ring (bicyclic) bond motifs is 1. The average molecular weight is 509 g/mol. The van der Waals surface area contributed by atoms with E-state index in [1.807, 2.05) is 0 Å². The number of ether oxygens (including phenoxy) is 2. The van der Waals surface area contributed by atoms with Gasteiger partial charge in [-0.3, -0.25) is 4.55 Å². The molecule has 3 rings (SSSR count). The predicted octanol–water partition coefficient (Wildman–Crippen LogP) is -1.08. The van der Waals surface area contributed by atoms with Gasteiger partial charge < -0.3 is 34.7 Å². The zero-order valence-electron chi connectivity index (χ0n) is 17.5. The van der Waals surface area contributed by atoms with Gasteiger partial charge in [0.2, 0.25) is 0 Å². The number of nitrogens with zero attached hydrogens (tertiary/aromatic N) is 2. The fraction of sp³-hybridized carbons (Fsp3) is 0.500. The maximum Gasteiger partial charge on any atom is 0.466 e. The lowest BCUT2D eigenvalue weighted by Crippen LogP contribution is -2.57. The largest absolute Gasteiger partial charge is 0.496 e. The Kier molecular flexibility index (Phi) is 8.07. The Bertz CT molecular complexity index is 1100. The Balaban J connectivity index is 1.98. The summed E-state index contributed by atoms with van der Waals surface area (Å²) < 4.78 is 47.6. The van der Waals surface area contributed by atoms with Crippen LogP contribution in [0.4, 0.5) is 0 Å². The molecule has 13 nitrogen and oxygen atoms in total. The summed E-state index contributed by atoms with van der Waals surface area (Å²) in [4.78, 5) is 5.32. The van der Waals surface area contributed by atoms with Crippen LogP contribution in [0.2, 0.25) is 0 Å². The van der Waals surface area contributed by atoms with Crippen molar-refractivity contribution in [3.63, 3.8) is 0 Å². The summed E-state index contributed by atoms with van der Waals surface area (Å²) in [5, 5.41) is 43.7. The lowest BCUT2D eigenvalue weighted by Gasteiger charge is -2.39. The van der Waals surface area contributed by atoms with Crippen molar-refractivity contribution in [3.05, 3.63) is 30.0 Å². The van der Waals surface area contributed by atoms with Crippen molar-refractivity contribution in [1.82, 2.24) is 4.73 Å². The summed E-state index contributed by atoms with van der Waals surface area (Å²) in [6.45, 7) is -0.644. The van der Waals surface area contributed by atoms with Gasteiger partial charge in [0, 0.05) is 18.0 Å². The zero-order valence-corrected chi connectivity index (χ0v) is 19.1. The molecule has 1 aromatic heterocycles. The Morgan fingerprint density at radius 2 is 1.94 bits per heavy atom. The second-order valence-corrected chi connectivity index (χ2v) is 9.17. The molecule has 0 bridgehead atoms. The number of aromatic nitrogens is 1. The molecule has 1 aliphatic rings. The van der Waals surface area contributed by atoms with E-state index in [1.165, 1.54) is 19.0 Å². The van der Waals surface area contributed by atoms with Gasteiger partial charge in [0.25, 0.3) is 0 Å². The molecule has 184 valence electrons. The van der Waals surface area contributed by atoms with E-state index >= 15 is 0 Å². The van der Waals surface area contributed by atoms with Gasteiger partial charge in [-0.05, 0) is 17.7 Å². The molecule has 1 saturated heterocycles. The van der Waals surface area contributed by atoms with Crippen LogP contribution in [0.5, 0.6) is 5.75 Å². The van der Waals surface area contributed by atoms with Crippen LogP contribution >= 0.6 is 11.8 Å². The van der Waals surface area contributed by atoms with E-state index < -0.39 is 46.9 Å². The highest BCUT2D eigenvalue weighted by Crippen LogP contribution is 2.34. The predicted molar refractivity (Wildman–Crippen MR) is 116 cm³/mol. The van der Waals surface area contributed by atoms with Crippen molar-refractivity contribution in [2.75, 3.05) is 20.8 Å². The number of rotatable bonds is 8. The van der Waals surface area contributed by atoms with Crippen molar-refractivity contribution in [1.29, 1.82) is 0 Å². The lowest BCUT2D eigenvalue weighted by molar-refractivity contribution is -0.205. The summed E-state index contributed by atoms with van der Waals surface area (Å²) in [7, 11) is -2.02. The molecular formula is C18H24N2O11S2. The van der Waals surface area contributed by atoms with Crippen molar-refractivity contribution in [2.45, 2.75) is 36.3 Å². The number of aliphatic hydroxyl groups excluding tert-OH is 4. The quantitative estimate of drug-likeness (QED) is 0.126. The average Bonchev–Trinajstić information content (AvgIpc) is 3.14. The maximum atomic E-state index is 11.1. The summed E-state index contributed by atoms with van der Waals surface area (Å²) in [6.07, 6.45) is -4.50. The van der Waals surface area contributed by atoms with Gasteiger partial charge in [0.15, 0.2) is 0 Å². The van der Waals surface area contributed by atoms with E-state index in [2.05, 4.69) is 9.44 Å². The SMILES string of the molecule is COc1cccc2c1c(C/C(=N\OS(=O)(=O)O)SC1OC(CO)C(O)C(O)C1O)cn2OC. The first kappa shape index (κ1) is 25.5. The Hall–Kier alpha value is -2.11. The van der Waals surface area contributed by atoms with E-state index in [0.29, 0.717) is 34.0 Å². The standard InChI is InChI=1S/C18H24N2O11S2/c1-28-11-5-3-4-10-14(11)9(7-20(10)29-2)6-13(19-31-33(25,26)27)32-18-17(24)16(23)15(22)12(8-21)30-18/h3-5,7,12,15-18,21-24H,6,8H2,1-2H3,(H,25,26,27)/b19-13+. The molecule has 0 saturated carbocycles. The summed E-state index contributed by atoms with van der Waals surface area (Å²) in [5.74, 6) is 0.492. The van der Waals surface area contributed by atoms with E-state index in [-0.39, 0.29) is 11.5 Å². The van der Waals surface area contributed by atoms with Crippen LogP contribution in [0.25, 0.3) is 10.9 Å². The third-order valence-corrected chi connectivity index (χ3v) is 6.30. The molecule has 1 fully saturated rings. The molecule has 1 aliphatic heterocycles. The molecule has 33 heavy (non-hydrogen) atoms. The fourth-order valence-corrected chi connectivity index (χ4v) is 4.72. The zero-order chi connectivity index (χ0) is 24.3. The van der Waals surface area contributed by atoms with E-state index in [4.69, 9.17) is 18.9 Å². The number of hydrogen-bond acceptors (Lipinski definition) is 12. The van der Waals surface area contributed by atoms with E-state index in [1.54, 1.807) is 24.4 Å². The minimum atomic E-state index is -4.94. The minimum Gasteiger partial charge on any atom is -0.496 e. The Labute approximate surface area is 193 Å². The van der Waals surface area contributed by atoms with Gasteiger partial charge in [0.05, 0.1) is 19.2 Å². The van der Waals surface area contributed by atoms with Gasteiger partial charge in [-0.15, -0.1) is 0 Å². The molecule has 0 aliphatic carbocycles. The van der Waals surface area contributed by atoms with Crippen LogP contribution in [0.15, 0.2) is 29.6 Å². The Morgan fingerprint density at radius 1 is 1.21 bits per heavy atom. The highest BCUT2D eigenvalue weighted by Gasteiger charge is 2.44. The van der Waals surface area contributed by atoms with Crippen molar-refractivity contribution in [2.24, 2.45) is 5.16 Å². The molecule has 2 aromatic rings. The van der Waals surface area contributed by atoms with Gasteiger partial charge in [-0.2, -0.15) is 13.1 Å². The lowest BCUT2D eigenvalue weighted by atomic mass is 10.0. The third kappa shape index (κ3) is 5.70. The van der Waals surface area contributed by atoms with E-state index in [0.717, 1.165) is 0 Å². The smallest absolute Gasteiger partial charge is 0.466 e. The van der Waals surface area contributed by atoms with Crippen molar-refractivity contribution >= 4 is 38.1 Å². The summed E-state index contributed by atoms with van der Waals surface area (Å²) in [6, 6.07) is 5.22. The van der Waals surface area contributed by atoms with Gasteiger partial charge >= 0.3 is 10.4 Å². The first-order valence-electron chi connectivity index (χ1n) is 9.51. The van der Waals surface area contributed by atoms with Crippen LogP contribution in [0, 0.1) is 0 Å². The second kappa shape index (κ2) is 10.4. The first-order chi connectivity index (χ1) is 15.6. The molecule has 0 spiro atoms. The van der Waals surface area contributed by atoms with Crippen molar-refractivity contribution < 1.29 is 52.0 Å². The summed E-state index contributed by atoms with van der Waals surface area (Å²) in [5.41, 5.74) is -0.0687. The molecule has 5 atom stereocenters. The number of thioether (sulfide) groups is 1. The molecule has 15 heteroatoms. The van der Waals surface area contributed by atoms with Crippen LogP contribution in [-0.2, 0) is 25.8 Å². The topological polar surface area (TPSA) is 190 Å². The first-order valence-corrected chi connectivity index (χ1v) is 11.8. The van der Waals surface area contributed by atoms with Crippen LogP contribution in [0.3, 0.4) is 0 Å². The Morgan fingerprint density at radius 3 is 2.55 bits per heavy atom. The normalized spacial score (nSPS) is 26.4.